The fourth-order valence-corrected chi connectivity index (χ4v) is 14.1. The van der Waals surface area contributed by atoms with Crippen LogP contribution < -0.4 is 5.32 Å². The van der Waals surface area contributed by atoms with Crippen LogP contribution in [0.4, 0.5) is 0 Å². The van der Waals surface area contributed by atoms with Crippen LogP contribution in [0.25, 0.3) is 0 Å². The summed E-state index contributed by atoms with van der Waals surface area (Å²) < 4.78 is 34.6. The van der Waals surface area contributed by atoms with Gasteiger partial charge in [0.05, 0.1) is 38.6 Å². The summed E-state index contributed by atoms with van der Waals surface area (Å²) in [7, 11) is 0. The van der Waals surface area contributed by atoms with Crippen molar-refractivity contribution >= 4 is 5.91 Å². The highest BCUT2D eigenvalue weighted by molar-refractivity contribution is 5.76. The Kier molecular flexibility index (Phi) is 57.8. The van der Waals surface area contributed by atoms with E-state index in [0.717, 1.165) is 70.6 Å². The molecule has 0 saturated carbocycles. The minimum Gasteiger partial charge on any atom is -0.394 e. The number of carbonyl (C=O) groups excluding carboxylic acids is 1. The average Bonchev–Trinajstić information content (AvgIpc) is 0.796. The van der Waals surface area contributed by atoms with E-state index in [1.807, 2.05) is 0 Å². The summed E-state index contributed by atoms with van der Waals surface area (Å²) in [6.45, 7) is 1.74. The maximum absolute atomic E-state index is 13.5. The lowest BCUT2D eigenvalue weighted by atomic mass is 9.96. The van der Waals surface area contributed by atoms with Gasteiger partial charge >= 0.3 is 0 Å². The molecule has 3 fully saturated rings. The molecule has 3 aliphatic heterocycles. The number of rotatable bonds is 66. The molecule has 592 valence electrons. The van der Waals surface area contributed by atoms with Crippen LogP contribution >= 0.6 is 0 Å². The number of hydrogen-bond donors (Lipinski definition) is 12. The average molecular weight is 1440 g/mol. The highest BCUT2D eigenvalue weighted by atomic mass is 16.8. The molecule has 3 saturated heterocycles. The lowest BCUT2D eigenvalue weighted by Crippen LogP contribution is -2.66. The molecule has 0 aromatic heterocycles. The van der Waals surface area contributed by atoms with Gasteiger partial charge in [0.2, 0.25) is 5.91 Å². The van der Waals surface area contributed by atoms with Crippen molar-refractivity contribution in [2.24, 2.45) is 0 Å². The normalized spacial score (nSPS) is 26.5. The van der Waals surface area contributed by atoms with Gasteiger partial charge in [0, 0.05) is 6.42 Å². The van der Waals surface area contributed by atoms with Crippen molar-refractivity contribution in [2.45, 2.75) is 439 Å². The molecular formula is C82H151NO18. The Morgan fingerprint density at radius 1 is 0.366 bits per heavy atom. The van der Waals surface area contributed by atoms with E-state index in [9.17, 15) is 61.0 Å². The molecular weight excluding hydrogens is 1290 g/mol. The first kappa shape index (κ1) is 93.0. The van der Waals surface area contributed by atoms with Gasteiger partial charge in [0.15, 0.2) is 18.9 Å². The molecule has 0 aromatic carbocycles. The van der Waals surface area contributed by atoms with Gasteiger partial charge in [-0.2, -0.15) is 0 Å². The maximum atomic E-state index is 13.5. The Morgan fingerprint density at radius 2 is 0.683 bits per heavy atom. The Labute approximate surface area is 612 Å². The minimum absolute atomic E-state index is 0.238. The molecule has 17 unspecified atom stereocenters. The maximum Gasteiger partial charge on any atom is 0.220 e. The van der Waals surface area contributed by atoms with Crippen molar-refractivity contribution in [3.05, 3.63) is 48.6 Å². The molecule has 17 atom stereocenters. The Hall–Kier alpha value is -2.25. The summed E-state index contributed by atoms with van der Waals surface area (Å²) in [5, 5.41) is 121. The molecule has 3 rings (SSSR count). The number of amides is 1. The van der Waals surface area contributed by atoms with Crippen LogP contribution in [0.1, 0.15) is 335 Å². The fraction of sp³-hybridized carbons (Fsp3) is 0.890. The number of ether oxygens (including phenoxy) is 6. The zero-order chi connectivity index (χ0) is 73.2. The number of nitrogens with one attached hydrogen (secondary N) is 1. The molecule has 101 heavy (non-hydrogen) atoms. The number of carbonyl (C=O) groups is 1. The number of allylic oxidation sites excluding steroid dienone is 8. The first-order valence-electron chi connectivity index (χ1n) is 41.4. The van der Waals surface area contributed by atoms with Gasteiger partial charge in [-0.05, 0) is 51.4 Å². The first-order valence-corrected chi connectivity index (χ1v) is 41.4. The first-order chi connectivity index (χ1) is 49.3. The van der Waals surface area contributed by atoms with Crippen LogP contribution in [0.3, 0.4) is 0 Å². The molecule has 3 heterocycles. The highest BCUT2D eigenvalue weighted by Crippen LogP contribution is 2.33. The molecule has 0 bridgehead atoms. The Morgan fingerprint density at radius 3 is 1.07 bits per heavy atom. The molecule has 19 nitrogen and oxygen atoms in total. The fourth-order valence-electron chi connectivity index (χ4n) is 14.1. The van der Waals surface area contributed by atoms with Crippen LogP contribution in [0.5, 0.6) is 0 Å². The topological polar surface area (TPSA) is 307 Å². The van der Waals surface area contributed by atoms with Crippen LogP contribution in [-0.2, 0) is 33.2 Å². The third-order valence-electron chi connectivity index (χ3n) is 20.7. The summed E-state index contributed by atoms with van der Waals surface area (Å²) in [4.78, 5) is 13.5. The lowest BCUT2D eigenvalue weighted by Gasteiger charge is -2.48. The summed E-state index contributed by atoms with van der Waals surface area (Å²) in [6.07, 6.45) is 52.0. The van der Waals surface area contributed by atoms with E-state index in [-0.39, 0.29) is 18.9 Å². The monoisotopic (exact) mass is 1440 g/mol. The van der Waals surface area contributed by atoms with Crippen molar-refractivity contribution in [3.63, 3.8) is 0 Å². The van der Waals surface area contributed by atoms with Crippen molar-refractivity contribution < 1.29 is 89.4 Å². The van der Waals surface area contributed by atoms with Gasteiger partial charge in [-0.1, -0.05) is 326 Å². The van der Waals surface area contributed by atoms with Gasteiger partial charge in [0.1, 0.15) is 73.2 Å². The van der Waals surface area contributed by atoms with Gasteiger partial charge < -0.3 is 89.9 Å². The molecule has 19 heteroatoms. The summed E-state index contributed by atoms with van der Waals surface area (Å²) in [5.41, 5.74) is 0. The largest absolute Gasteiger partial charge is 0.394 e. The molecule has 0 aromatic rings. The number of unbranched alkanes of at least 4 members (excludes halogenated alkanes) is 42. The van der Waals surface area contributed by atoms with E-state index in [1.165, 1.54) is 231 Å². The van der Waals surface area contributed by atoms with E-state index in [1.54, 1.807) is 0 Å². The van der Waals surface area contributed by atoms with Crippen LogP contribution in [0.15, 0.2) is 48.6 Å². The van der Waals surface area contributed by atoms with Gasteiger partial charge in [-0.3, -0.25) is 4.79 Å². The predicted molar refractivity (Wildman–Crippen MR) is 402 cm³/mol. The summed E-state index contributed by atoms with van der Waals surface area (Å²) in [6, 6.07) is -0.890. The zero-order valence-electron chi connectivity index (χ0n) is 63.4. The van der Waals surface area contributed by atoms with Gasteiger partial charge in [-0.15, -0.1) is 0 Å². The van der Waals surface area contributed by atoms with Crippen molar-refractivity contribution in [1.82, 2.24) is 5.32 Å². The number of aliphatic hydroxyl groups is 11. The second-order valence-electron chi connectivity index (χ2n) is 29.6. The molecule has 0 spiro atoms. The number of hydrogen-bond acceptors (Lipinski definition) is 18. The van der Waals surface area contributed by atoms with Crippen LogP contribution in [0.2, 0.25) is 0 Å². The van der Waals surface area contributed by atoms with Crippen LogP contribution in [0, 0.1) is 0 Å². The molecule has 12 N–H and O–H groups in total. The third kappa shape index (κ3) is 42.8. The molecule has 0 aliphatic carbocycles. The lowest BCUT2D eigenvalue weighted by molar-refractivity contribution is -0.379. The summed E-state index contributed by atoms with van der Waals surface area (Å²) in [5.74, 6) is -0.238. The predicted octanol–water partition coefficient (Wildman–Crippen LogP) is 14.1. The second-order valence-corrected chi connectivity index (χ2v) is 29.6. The zero-order valence-corrected chi connectivity index (χ0v) is 63.4. The molecule has 0 radical (unpaired) electrons. The third-order valence-corrected chi connectivity index (χ3v) is 20.7. The van der Waals surface area contributed by atoms with Crippen molar-refractivity contribution in [2.75, 3.05) is 26.4 Å². The Bertz CT molecular complexity index is 2010. The van der Waals surface area contributed by atoms with Crippen LogP contribution in [-0.4, -0.2) is 193 Å². The highest BCUT2D eigenvalue weighted by Gasteiger charge is 2.54. The second kappa shape index (κ2) is 62.8. The van der Waals surface area contributed by atoms with E-state index in [2.05, 4.69) is 67.8 Å². The van der Waals surface area contributed by atoms with E-state index in [0.29, 0.717) is 12.8 Å². The van der Waals surface area contributed by atoms with Gasteiger partial charge in [0.25, 0.3) is 0 Å². The Balaban J connectivity index is 1.36. The van der Waals surface area contributed by atoms with Gasteiger partial charge in [-0.25, -0.2) is 0 Å². The summed E-state index contributed by atoms with van der Waals surface area (Å²) >= 11 is 0. The van der Waals surface area contributed by atoms with E-state index in [4.69, 9.17) is 28.4 Å². The molecule has 3 aliphatic rings. The quantitative estimate of drug-likeness (QED) is 0.0199. The van der Waals surface area contributed by atoms with Crippen molar-refractivity contribution in [1.29, 1.82) is 0 Å². The molecule has 1 amide bonds. The minimum atomic E-state index is -1.97. The standard InChI is InChI=1S/C82H151NO18/c1-3-5-7-9-11-13-15-17-19-21-23-25-27-29-31-32-34-36-38-40-42-44-46-48-50-52-54-56-58-60-70(88)83-65(66(87)59-57-55-53-51-49-47-45-43-41-39-37-35-33-30-28-26-24-22-20-18-16-14-12-10-8-6-4-2)64-96-80-76(94)73(91)78(68(62-85)98-80)101-82-77(95)74(92)79(69(63-86)99-82)100-81-75(93)72(90)71(89)67(61-84)97-81/h5,7,11,13,17,19,23,25,65-69,71-82,84-87,89-95H,3-4,6,8-10,12,14-16,18,20-22,24,26-64H2,1-2H3,(H,83,88)/b7-5-,13-11-,19-17-,25-23-. The van der Waals surface area contributed by atoms with Crippen molar-refractivity contribution in [3.8, 4) is 0 Å². The SMILES string of the molecule is CC/C=C\C/C=C\C/C=C\C/C=C\CCCCCCCCCCCCCCCCCCC(=O)NC(COC1OC(CO)C(OC2OC(CO)C(OC3OC(CO)C(O)C(O)C3O)C(O)C2O)C(O)C1O)C(O)CCCCCCCCCCCCCCCCCCCCCCCCCCCCC. The smallest absolute Gasteiger partial charge is 0.220 e. The van der Waals surface area contributed by atoms with E-state index < -0.39 is 124 Å². The van der Waals surface area contributed by atoms with E-state index >= 15 is 0 Å². The number of aliphatic hydroxyl groups excluding tert-OH is 11.